The number of hydrogen-bond donors (Lipinski definition) is 1. The molecule has 4 nitrogen and oxygen atoms in total. The van der Waals surface area contributed by atoms with Gasteiger partial charge in [-0.25, -0.2) is 4.98 Å². The highest BCUT2D eigenvalue weighted by molar-refractivity contribution is 5.50. The third-order valence-corrected chi connectivity index (χ3v) is 3.49. The lowest BCUT2D eigenvalue weighted by atomic mass is 10.1. The Morgan fingerprint density at radius 1 is 1.29 bits per heavy atom. The second-order valence-corrected chi connectivity index (χ2v) is 4.78. The Labute approximate surface area is 103 Å². The average Bonchev–Trinajstić information content (AvgIpc) is 2.54. The van der Waals surface area contributed by atoms with E-state index in [1.54, 1.807) is 0 Å². The van der Waals surface area contributed by atoms with Crippen molar-refractivity contribution in [2.24, 2.45) is 5.73 Å². The Bertz CT molecular complexity index is 378. The molecule has 0 spiro atoms. The van der Waals surface area contributed by atoms with E-state index in [1.807, 2.05) is 12.3 Å². The van der Waals surface area contributed by atoms with E-state index in [4.69, 9.17) is 5.73 Å². The van der Waals surface area contributed by atoms with Crippen LogP contribution in [0, 0.1) is 6.92 Å². The molecule has 17 heavy (non-hydrogen) atoms. The van der Waals surface area contributed by atoms with Crippen LogP contribution in [-0.2, 0) is 6.54 Å². The summed E-state index contributed by atoms with van der Waals surface area (Å²) in [7, 11) is 2.18. The van der Waals surface area contributed by atoms with Gasteiger partial charge in [-0.2, -0.15) is 0 Å². The van der Waals surface area contributed by atoms with Gasteiger partial charge in [0.15, 0.2) is 0 Å². The van der Waals surface area contributed by atoms with E-state index in [-0.39, 0.29) is 0 Å². The first kappa shape index (κ1) is 12.3. The monoisotopic (exact) mass is 234 g/mol. The van der Waals surface area contributed by atoms with Crippen LogP contribution >= 0.6 is 0 Å². The molecule has 1 aromatic heterocycles. The Kier molecular flexibility index (Phi) is 3.97. The van der Waals surface area contributed by atoms with Crippen molar-refractivity contribution in [3.63, 3.8) is 0 Å². The van der Waals surface area contributed by atoms with Crippen LogP contribution in [0.4, 0.5) is 5.82 Å². The molecule has 0 aromatic carbocycles. The van der Waals surface area contributed by atoms with Crippen molar-refractivity contribution in [1.29, 1.82) is 0 Å². The predicted molar refractivity (Wildman–Crippen MR) is 71.2 cm³/mol. The summed E-state index contributed by atoms with van der Waals surface area (Å²) in [6, 6.07) is 2.04. The summed E-state index contributed by atoms with van der Waals surface area (Å²) in [5, 5.41) is 0. The molecular weight excluding hydrogens is 212 g/mol. The number of aryl methyl sites for hydroxylation is 1. The van der Waals surface area contributed by atoms with Crippen molar-refractivity contribution in [2.45, 2.75) is 19.9 Å². The molecule has 0 unspecified atom stereocenters. The van der Waals surface area contributed by atoms with Gasteiger partial charge in [0.1, 0.15) is 5.82 Å². The van der Waals surface area contributed by atoms with Crippen LogP contribution < -0.4 is 10.6 Å². The fourth-order valence-corrected chi connectivity index (χ4v) is 2.36. The molecule has 94 valence electrons. The Morgan fingerprint density at radius 2 is 2.12 bits per heavy atom. The highest BCUT2D eigenvalue weighted by Crippen LogP contribution is 2.21. The van der Waals surface area contributed by atoms with Gasteiger partial charge in [-0.1, -0.05) is 0 Å². The molecule has 1 saturated heterocycles. The summed E-state index contributed by atoms with van der Waals surface area (Å²) in [6.45, 7) is 7.06. The van der Waals surface area contributed by atoms with Crippen molar-refractivity contribution in [3.05, 3.63) is 23.4 Å². The first-order chi connectivity index (χ1) is 8.22. The smallest absolute Gasteiger partial charge is 0.133 e. The van der Waals surface area contributed by atoms with E-state index in [2.05, 4.69) is 28.8 Å². The van der Waals surface area contributed by atoms with E-state index in [0.717, 1.165) is 25.5 Å². The van der Waals surface area contributed by atoms with Gasteiger partial charge >= 0.3 is 0 Å². The minimum atomic E-state index is 0.571. The van der Waals surface area contributed by atoms with Gasteiger partial charge in [-0.15, -0.1) is 0 Å². The number of nitrogens with two attached hydrogens (primary N) is 1. The summed E-state index contributed by atoms with van der Waals surface area (Å²) in [5.41, 5.74) is 8.28. The second-order valence-electron chi connectivity index (χ2n) is 4.78. The maximum atomic E-state index is 5.85. The third kappa shape index (κ3) is 2.76. The molecule has 4 heteroatoms. The minimum absolute atomic E-state index is 0.571. The Morgan fingerprint density at radius 3 is 2.88 bits per heavy atom. The predicted octanol–water partition coefficient (Wildman–Crippen LogP) is 0.991. The molecule has 0 saturated carbocycles. The van der Waals surface area contributed by atoms with Crippen LogP contribution in [0.2, 0.25) is 0 Å². The van der Waals surface area contributed by atoms with Crippen LogP contribution in [-0.4, -0.2) is 43.1 Å². The average molecular weight is 234 g/mol. The van der Waals surface area contributed by atoms with Crippen LogP contribution in [0.3, 0.4) is 0 Å². The zero-order chi connectivity index (χ0) is 12.3. The normalized spacial score (nSPS) is 18.2. The number of rotatable bonds is 2. The lowest BCUT2D eigenvalue weighted by Crippen LogP contribution is -2.30. The number of aromatic nitrogens is 1. The molecule has 1 aliphatic heterocycles. The number of likely N-dealkylation sites (N-methyl/N-ethyl adjacent to an activating group) is 1. The van der Waals surface area contributed by atoms with E-state index in [1.165, 1.54) is 24.1 Å². The maximum Gasteiger partial charge on any atom is 0.133 e. The molecule has 1 aromatic rings. The van der Waals surface area contributed by atoms with Crippen molar-refractivity contribution in [2.75, 3.05) is 38.1 Å². The zero-order valence-corrected chi connectivity index (χ0v) is 10.8. The summed E-state index contributed by atoms with van der Waals surface area (Å²) in [5.74, 6) is 1.09. The highest BCUT2D eigenvalue weighted by Gasteiger charge is 2.16. The van der Waals surface area contributed by atoms with Crippen molar-refractivity contribution < 1.29 is 0 Å². The van der Waals surface area contributed by atoms with Crippen molar-refractivity contribution in [1.82, 2.24) is 9.88 Å². The van der Waals surface area contributed by atoms with Gasteiger partial charge in [0.25, 0.3) is 0 Å². The van der Waals surface area contributed by atoms with E-state index in [9.17, 15) is 0 Å². The summed E-state index contributed by atoms with van der Waals surface area (Å²) in [4.78, 5) is 9.27. The van der Waals surface area contributed by atoms with Crippen LogP contribution in [0.5, 0.6) is 0 Å². The Balaban J connectivity index is 2.23. The fraction of sp³-hybridized carbons (Fsp3) is 0.615. The quantitative estimate of drug-likeness (QED) is 0.829. The summed E-state index contributed by atoms with van der Waals surface area (Å²) < 4.78 is 0. The van der Waals surface area contributed by atoms with Gasteiger partial charge in [0.05, 0.1) is 0 Å². The molecule has 1 fully saturated rings. The van der Waals surface area contributed by atoms with E-state index in [0.29, 0.717) is 6.54 Å². The lowest BCUT2D eigenvalue weighted by molar-refractivity contribution is 0.360. The first-order valence-corrected chi connectivity index (χ1v) is 6.30. The van der Waals surface area contributed by atoms with Crippen LogP contribution in [0.25, 0.3) is 0 Å². The van der Waals surface area contributed by atoms with Crippen molar-refractivity contribution in [3.8, 4) is 0 Å². The Hall–Kier alpha value is -1.13. The second kappa shape index (κ2) is 5.47. The van der Waals surface area contributed by atoms with Gasteiger partial charge in [0, 0.05) is 37.9 Å². The highest BCUT2D eigenvalue weighted by atomic mass is 15.2. The largest absolute Gasteiger partial charge is 0.355 e. The third-order valence-electron chi connectivity index (χ3n) is 3.49. The molecule has 0 radical (unpaired) electrons. The molecule has 2 rings (SSSR count). The van der Waals surface area contributed by atoms with Gasteiger partial charge in [-0.05, 0) is 38.6 Å². The van der Waals surface area contributed by atoms with Gasteiger partial charge in [0.2, 0.25) is 0 Å². The molecule has 0 aliphatic carbocycles. The molecule has 0 atom stereocenters. The number of nitrogens with zero attached hydrogens (tertiary/aromatic N) is 3. The lowest BCUT2D eigenvalue weighted by Gasteiger charge is -2.24. The number of hydrogen-bond acceptors (Lipinski definition) is 4. The SMILES string of the molecule is Cc1ccnc(N2CCCN(C)CC2)c1CN. The number of pyridine rings is 1. The molecule has 1 aliphatic rings. The fourth-order valence-electron chi connectivity index (χ4n) is 2.36. The zero-order valence-electron chi connectivity index (χ0n) is 10.8. The standard InChI is InChI=1S/C13H22N4/c1-11-4-5-15-13(12(11)10-14)17-7-3-6-16(2)8-9-17/h4-5H,3,6-10,14H2,1-2H3. The molecule has 2 N–H and O–H groups in total. The molecule has 0 amide bonds. The summed E-state index contributed by atoms with van der Waals surface area (Å²) >= 11 is 0. The molecule has 2 heterocycles. The first-order valence-electron chi connectivity index (χ1n) is 6.30. The van der Waals surface area contributed by atoms with Crippen LogP contribution in [0.15, 0.2) is 12.3 Å². The van der Waals surface area contributed by atoms with E-state index < -0.39 is 0 Å². The summed E-state index contributed by atoms with van der Waals surface area (Å²) in [6.07, 6.45) is 3.08. The topological polar surface area (TPSA) is 45.4 Å². The van der Waals surface area contributed by atoms with Gasteiger partial charge < -0.3 is 15.5 Å². The van der Waals surface area contributed by atoms with Crippen LogP contribution in [0.1, 0.15) is 17.5 Å². The molecule has 0 bridgehead atoms. The van der Waals surface area contributed by atoms with Crippen molar-refractivity contribution >= 4 is 5.82 Å². The minimum Gasteiger partial charge on any atom is -0.355 e. The number of anilines is 1. The molecular formula is C13H22N4. The van der Waals surface area contributed by atoms with Gasteiger partial charge in [-0.3, -0.25) is 0 Å². The maximum absolute atomic E-state index is 5.85. The van der Waals surface area contributed by atoms with E-state index >= 15 is 0 Å².